The molecular formula is C124H94N6O16P2. The van der Waals surface area contributed by atoms with Gasteiger partial charge in [-0.1, -0.05) is 226 Å². The highest BCUT2D eigenvalue weighted by Crippen LogP contribution is 2.47. The van der Waals surface area contributed by atoms with Crippen molar-refractivity contribution in [3.63, 3.8) is 0 Å². The van der Waals surface area contributed by atoms with Crippen LogP contribution in [0.25, 0.3) is 89.1 Å². The zero-order valence-corrected chi connectivity index (χ0v) is 80.2. The summed E-state index contributed by atoms with van der Waals surface area (Å²) in [6, 6.07) is 94.5. The molecule has 0 saturated heterocycles. The Labute approximate surface area is 857 Å². The summed E-state index contributed by atoms with van der Waals surface area (Å²) in [5, 5.41) is 77.1. The van der Waals surface area contributed by atoms with Gasteiger partial charge in [-0.05, 0) is 300 Å². The maximum atomic E-state index is 11.8. The predicted molar refractivity (Wildman–Crippen MR) is 593 cm³/mol. The van der Waals surface area contributed by atoms with Gasteiger partial charge in [0.15, 0.2) is 0 Å². The Kier molecular flexibility index (Phi) is 27.6. The summed E-state index contributed by atoms with van der Waals surface area (Å²) in [7, 11) is 5.08. The van der Waals surface area contributed by atoms with Crippen LogP contribution >= 0.6 is 18.5 Å². The van der Waals surface area contributed by atoms with Crippen molar-refractivity contribution in [2.24, 2.45) is 20.0 Å². The van der Waals surface area contributed by atoms with Crippen molar-refractivity contribution in [3.8, 4) is 44.5 Å². The number of fused-ring (bicyclic) bond motifs is 12. The van der Waals surface area contributed by atoms with Crippen LogP contribution in [0.1, 0.15) is 175 Å². The van der Waals surface area contributed by atoms with Crippen molar-refractivity contribution in [1.29, 1.82) is 0 Å². The number of rotatable bonds is 20. The first-order valence-corrected chi connectivity index (χ1v) is 48.2. The highest BCUT2D eigenvalue weighted by atomic mass is 31.1. The van der Waals surface area contributed by atoms with E-state index >= 15 is 0 Å². The van der Waals surface area contributed by atoms with Gasteiger partial charge in [0.1, 0.15) is 0 Å². The lowest BCUT2D eigenvalue weighted by Gasteiger charge is -2.15. The lowest BCUT2D eigenvalue weighted by Crippen LogP contribution is -2.04. The third-order valence-electron chi connectivity index (χ3n) is 26.3. The second-order valence-electron chi connectivity index (χ2n) is 35.2. The normalized spacial score (nSPS) is 14.6. The first-order valence-electron chi connectivity index (χ1n) is 46.6. The maximum absolute atomic E-state index is 11.8. The van der Waals surface area contributed by atoms with Gasteiger partial charge in [-0.15, -0.1) is 18.5 Å². The molecule has 0 amide bonds. The first-order chi connectivity index (χ1) is 71.3. The lowest BCUT2D eigenvalue weighted by molar-refractivity contribution is 0.0686. The number of hydrogen-bond acceptors (Lipinski definition) is 12. The smallest absolute Gasteiger partial charge is 0.335 e. The molecule has 12 aromatic carbocycles. The van der Waals surface area contributed by atoms with Crippen LogP contribution < -0.4 is 0 Å². The van der Waals surface area contributed by atoms with E-state index in [1.807, 2.05) is 146 Å². The lowest BCUT2D eigenvalue weighted by atomic mass is 9.90. The Balaban J connectivity index is 0.000000214. The maximum Gasteiger partial charge on any atom is 0.335 e. The molecule has 22 nitrogen and oxygen atoms in total. The van der Waals surface area contributed by atoms with E-state index in [1.165, 1.54) is 24.3 Å². The molecule has 148 heavy (non-hydrogen) atoms. The molecule has 0 radical (unpaired) electrons. The van der Waals surface area contributed by atoms with Gasteiger partial charge in [-0.25, -0.2) is 58.3 Å². The number of hydrogen-bond donors (Lipinski definition) is 10. The Bertz CT molecular complexity index is 8050. The number of carboxylic acid groups (broad SMARTS) is 8. The molecule has 6 aliphatic heterocycles. The largest absolute Gasteiger partial charge is 0.478 e. The van der Waals surface area contributed by atoms with Gasteiger partial charge in [0.25, 0.3) is 0 Å². The van der Waals surface area contributed by atoms with E-state index in [-0.39, 0.29) is 56.2 Å². The average molecular weight is 1990 g/mol. The number of aromatic carboxylic acids is 8. The van der Waals surface area contributed by atoms with Gasteiger partial charge in [0.2, 0.25) is 0 Å². The van der Waals surface area contributed by atoms with Gasteiger partial charge in [-0.3, -0.25) is 0 Å². The molecule has 2 aliphatic carbocycles. The van der Waals surface area contributed by atoms with Crippen LogP contribution in [0.2, 0.25) is 0 Å². The minimum Gasteiger partial charge on any atom is -0.478 e. The average Bonchev–Trinajstić information content (AvgIpc) is 1.61. The fraction of sp³-hybridized carbons (Fsp3) is 0.0323. The molecule has 2 aromatic heterocycles. The molecule has 24 heteroatoms. The molecule has 0 spiro atoms. The van der Waals surface area contributed by atoms with E-state index < -0.39 is 47.8 Å². The van der Waals surface area contributed by atoms with Crippen LogP contribution in [0.5, 0.6) is 0 Å². The molecule has 0 saturated carbocycles. The third-order valence-corrected chi connectivity index (χ3v) is 26.3. The molecule has 10 N–H and O–H groups in total. The van der Waals surface area contributed by atoms with Crippen molar-refractivity contribution in [2.75, 3.05) is 5.90 Å². The fourth-order valence-electron chi connectivity index (χ4n) is 19.1. The molecule has 16 bridgehead atoms. The van der Waals surface area contributed by atoms with E-state index in [0.717, 1.165) is 174 Å². The predicted octanol–water partition coefficient (Wildman–Crippen LogP) is 27.2. The highest BCUT2D eigenvalue weighted by Gasteiger charge is 2.32. The van der Waals surface area contributed by atoms with Crippen molar-refractivity contribution in [3.05, 3.63) is 545 Å². The number of nitrogens with zero attached hydrogens (tertiary/aromatic N) is 4. The first kappa shape index (κ1) is 97.7. The molecule has 0 fully saturated rings. The van der Waals surface area contributed by atoms with E-state index in [0.29, 0.717) is 69.3 Å². The van der Waals surface area contributed by atoms with Crippen LogP contribution in [-0.4, -0.2) is 127 Å². The Morgan fingerprint density at radius 2 is 0.324 bits per heavy atom. The second-order valence-corrected chi connectivity index (χ2v) is 37.0. The van der Waals surface area contributed by atoms with Crippen LogP contribution in [0.4, 0.5) is 0 Å². The molecule has 2 unspecified atom stereocenters. The van der Waals surface area contributed by atoms with Crippen LogP contribution in [-0.2, 0) is 0 Å². The SMILES string of the molecule is C.O=C(O)c1ccc(-c2ccc(C3=C4C=CC(=C(c5ccc(-c6ccc(C(=O)O)cc6)cc5)C5=NC(=C(c6ccc(-c7ccc(C(=O)O)cc7)cc6)c6ccc([nH]6)C(c6ccc(-c7ccc(C(=O)O)cc7)cc6)=C6C=CC3=N6)C=C5)C4)cc2)cc1.O=C(O)c1ccc(C2=C3C=CC(=C(c4ccc(C(=O)O)cc4)C4=NC(=C(c5ccc(C(=O)O)cc5)c5ccc([nH]5)C(c5ccc(C(=O)O)cc5)=C5C=CC2=N5)C=C4)C3)cc1.PCP.[HH].[HH].[HH]. The van der Waals surface area contributed by atoms with E-state index in [1.54, 1.807) is 121 Å². The molecule has 8 heterocycles. The van der Waals surface area contributed by atoms with Gasteiger partial charge in [-0.2, -0.15) is 0 Å². The van der Waals surface area contributed by atoms with E-state index in [2.05, 4.69) is 126 Å². The zero-order valence-electron chi connectivity index (χ0n) is 77.9. The summed E-state index contributed by atoms with van der Waals surface area (Å²) in [6.45, 7) is 0. The van der Waals surface area contributed by atoms with Gasteiger partial charge in [0, 0.05) is 71.6 Å². The summed E-state index contributed by atoms with van der Waals surface area (Å²) < 4.78 is 0. The van der Waals surface area contributed by atoms with Gasteiger partial charge in [0.05, 0.1) is 90.1 Å². The van der Waals surface area contributed by atoms with Crippen molar-refractivity contribution >= 4 is 134 Å². The summed E-state index contributed by atoms with van der Waals surface area (Å²) in [5.41, 5.74) is 33.8. The number of carboxylic acids is 8. The van der Waals surface area contributed by atoms with E-state index in [4.69, 9.17) is 20.0 Å². The van der Waals surface area contributed by atoms with Crippen molar-refractivity contribution in [2.45, 2.75) is 20.3 Å². The minimum absolute atomic E-state index is 0. The minimum atomic E-state index is -1.06. The second kappa shape index (κ2) is 41.8. The zero-order chi connectivity index (χ0) is 102. The van der Waals surface area contributed by atoms with Gasteiger partial charge >= 0.3 is 47.8 Å². The van der Waals surface area contributed by atoms with Crippen LogP contribution in [0.3, 0.4) is 0 Å². The summed E-state index contributed by atoms with van der Waals surface area (Å²) in [6.07, 6.45) is 25.1. The van der Waals surface area contributed by atoms with Crippen molar-refractivity contribution in [1.82, 2.24) is 9.97 Å². The summed E-state index contributed by atoms with van der Waals surface area (Å²) >= 11 is 0. The highest BCUT2D eigenvalue weighted by molar-refractivity contribution is 7.36. The summed E-state index contributed by atoms with van der Waals surface area (Å²) in [4.78, 5) is 123. The number of nitrogens with one attached hydrogen (secondary N) is 2. The molecular weight excluding hydrogens is 1890 g/mol. The topological polar surface area (TPSA) is 379 Å². The number of aromatic amines is 2. The fourth-order valence-corrected chi connectivity index (χ4v) is 19.1. The molecule has 14 aromatic rings. The van der Waals surface area contributed by atoms with E-state index in [9.17, 15) is 79.2 Å². The van der Waals surface area contributed by atoms with Crippen LogP contribution in [0, 0.1) is 0 Å². The number of benzene rings is 12. The standard InChI is InChI=1S/C73H47N3O8.C49H31N3O8.CH6P2.CH4.3H2/c77-70(78)54-25-9-46(10-26-54)42-1-17-50(18-2-42)66-58-33-34-59(41-58)67(51-19-3-43(4-20-51)47-11-27-55(28-12-47)71(79)80)61-36-38-63(75-61)69(53-23-7-45(8-24-53)49-15-31-57(32-16-49)73(83)84)65-40-39-64(76-65)68(62-37-35-60(66)74-62)52-21-5-44(6-22-52)48-13-29-56(30-14-48)72(81)82;53-46(54)30-9-1-26(2-10-30)42-34-17-18-35(25-34)43(27-3-11-31(12-4-27)47(55)56)37-20-22-39(51-37)45(29-7-15-33(16-8-29)49(59)60)41-24-23-40(52-41)44(38-21-19-36(42)50-38)28-5-13-32(14-6-28)48(57)58;2-1-3;;;;/h1-40,76H,41H2,(H,77,78)(H,79,80)(H,81,82)(H,83,84);1-24,52H,25H2,(H,53,54)(H,55,56)(H,57,58)(H,59,60);1-3H2;1H4;3*1H. The van der Waals surface area contributed by atoms with Crippen molar-refractivity contribution < 1.29 is 83.5 Å². The number of H-pyrrole nitrogens is 2. The van der Waals surface area contributed by atoms with Gasteiger partial charge < -0.3 is 50.8 Å². The number of aromatic nitrogens is 2. The number of carbonyl (C=O) groups is 8. The van der Waals surface area contributed by atoms with Crippen LogP contribution in [0.15, 0.2) is 453 Å². The number of allylic oxidation sites excluding steroid dienone is 20. The number of aliphatic imine (C=N–C) groups is 4. The Hall–Kier alpha value is -19.1. The molecule has 8 aliphatic rings. The Morgan fingerprint density at radius 1 is 0.196 bits per heavy atom. The summed E-state index contributed by atoms with van der Waals surface area (Å²) in [5.74, 6) is -7.08. The third kappa shape index (κ3) is 20.0. The monoisotopic (exact) mass is 1980 g/mol. The molecule has 726 valence electrons. The Morgan fingerprint density at radius 3 is 0.473 bits per heavy atom. The molecule has 22 rings (SSSR count). The molecule has 2 atom stereocenters. The quantitative estimate of drug-likeness (QED) is 0.0317.